The normalized spacial score (nSPS) is 10.8. The van der Waals surface area contributed by atoms with E-state index in [1.54, 1.807) is 19.5 Å². The molecule has 0 saturated heterocycles. The predicted octanol–water partition coefficient (Wildman–Crippen LogP) is 4.55. The maximum absolute atomic E-state index is 12.8. The summed E-state index contributed by atoms with van der Waals surface area (Å²) >= 11 is 1.53. The summed E-state index contributed by atoms with van der Waals surface area (Å²) in [5.74, 6) is 0.692. The Balaban J connectivity index is 1.48. The molecule has 3 heterocycles. The molecule has 0 unspecified atom stereocenters. The van der Waals surface area contributed by atoms with Crippen LogP contribution in [0.1, 0.15) is 26.8 Å². The lowest BCUT2D eigenvalue weighted by Crippen LogP contribution is -2.23. The van der Waals surface area contributed by atoms with Crippen LogP contribution in [0.4, 0.5) is 0 Å². The Kier molecular flexibility index (Phi) is 5.63. The Morgan fingerprint density at radius 1 is 1.13 bits per heavy atom. The molecule has 0 aliphatic carbocycles. The fourth-order valence-corrected chi connectivity index (χ4v) is 4.16. The number of amides is 1. The lowest BCUT2D eigenvalue weighted by molar-refractivity contribution is 0.0950. The van der Waals surface area contributed by atoms with Gasteiger partial charge >= 0.3 is 0 Å². The molecule has 0 saturated carbocycles. The van der Waals surface area contributed by atoms with Crippen molar-refractivity contribution in [3.05, 3.63) is 82.2 Å². The van der Waals surface area contributed by atoms with Crippen LogP contribution >= 0.6 is 11.3 Å². The number of carbonyl (C=O) groups is 1. The molecule has 0 aliphatic heterocycles. The first kappa shape index (κ1) is 19.8. The second-order valence-corrected chi connectivity index (χ2v) is 7.81. The van der Waals surface area contributed by atoms with E-state index in [2.05, 4.69) is 19.9 Å². The first-order chi connectivity index (χ1) is 14.6. The smallest absolute Gasteiger partial charge is 0.253 e. The van der Waals surface area contributed by atoms with Crippen LogP contribution in [0.25, 0.3) is 16.9 Å². The highest BCUT2D eigenvalue weighted by Crippen LogP contribution is 2.24. The molecule has 3 aromatic heterocycles. The molecule has 1 aromatic carbocycles. The molecule has 0 aliphatic rings. The SMILES string of the molecule is COc1ccc(-n2c(C)cc(C(=O)NCc3nc(-c4ccncc4)cs3)c2C)cc1. The summed E-state index contributed by atoms with van der Waals surface area (Å²) in [5, 5.41) is 5.85. The molecule has 4 aromatic rings. The zero-order valence-corrected chi connectivity index (χ0v) is 17.9. The van der Waals surface area contributed by atoms with Crippen LogP contribution in [0.5, 0.6) is 5.75 Å². The third-order valence-corrected chi connectivity index (χ3v) is 5.78. The van der Waals surface area contributed by atoms with Gasteiger partial charge in [-0.05, 0) is 56.3 Å². The van der Waals surface area contributed by atoms with Crippen molar-refractivity contribution < 1.29 is 9.53 Å². The number of methoxy groups -OCH3 is 1. The third kappa shape index (κ3) is 3.97. The van der Waals surface area contributed by atoms with Gasteiger partial charge in [-0.1, -0.05) is 0 Å². The monoisotopic (exact) mass is 418 g/mol. The van der Waals surface area contributed by atoms with E-state index in [1.165, 1.54) is 11.3 Å². The third-order valence-electron chi connectivity index (χ3n) is 4.93. The van der Waals surface area contributed by atoms with Gasteiger partial charge in [0.1, 0.15) is 10.8 Å². The second kappa shape index (κ2) is 8.51. The Hall–Kier alpha value is -3.45. The minimum Gasteiger partial charge on any atom is -0.497 e. The molecule has 7 heteroatoms. The zero-order valence-electron chi connectivity index (χ0n) is 17.0. The quantitative estimate of drug-likeness (QED) is 0.499. The van der Waals surface area contributed by atoms with Crippen molar-refractivity contribution >= 4 is 17.2 Å². The highest BCUT2D eigenvalue weighted by Gasteiger charge is 2.17. The van der Waals surface area contributed by atoms with E-state index in [4.69, 9.17) is 4.74 Å². The minimum atomic E-state index is -0.108. The zero-order chi connectivity index (χ0) is 21.1. The molecule has 0 spiro atoms. The number of thiazole rings is 1. The van der Waals surface area contributed by atoms with Crippen LogP contribution in [0.2, 0.25) is 0 Å². The summed E-state index contributed by atoms with van der Waals surface area (Å²) in [6.07, 6.45) is 3.49. The van der Waals surface area contributed by atoms with Gasteiger partial charge in [-0.25, -0.2) is 4.98 Å². The second-order valence-electron chi connectivity index (χ2n) is 6.86. The fourth-order valence-electron chi connectivity index (χ4n) is 3.42. The van der Waals surface area contributed by atoms with Gasteiger partial charge in [-0.15, -0.1) is 11.3 Å². The standard InChI is InChI=1S/C23H22N4O2S/c1-15-12-20(16(2)27(15)18-4-6-19(29-3)7-5-18)23(28)25-13-22-26-21(14-30-22)17-8-10-24-11-9-17/h4-12,14H,13H2,1-3H3,(H,25,28). The van der Waals surface area contributed by atoms with E-state index < -0.39 is 0 Å². The maximum Gasteiger partial charge on any atom is 0.253 e. The fraction of sp³-hybridized carbons (Fsp3) is 0.174. The Morgan fingerprint density at radius 2 is 1.87 bits per heavy atom. The van der Waals surface area contributed by atoms with E-state index in [-0.39, 0.29) is 5.91 Å². The minimum absolute atomic E-state index is 0.108. The van der Waals surface area contributed by atoms with Crippen LogP contribution in [-0.2, 0) is 6.54 Å². The topological polar surface area (TPSA) is 69.0 Å². The highest BCUT2D eigenvalue weighted by atomic mass is 32.1. The van der Waals surface area contributed by atoms with E-state index in [1.807, 2.05) is 61.7 Å². The van der Waals surface area contributed by atoms with E-state index in [0.29, 0.717) is 12.1 Å². The molecular weight excluding hydrogens is 396 g/mol. The summed E-state index contributed by atoms with van der Waals surface area (Å²) in [6.45, 7) is 4.34. The first-order valence-electron chi connectivity index (χ1n) is 9.53. The summed E-state index contributed by atoms with van der Waals surface area (Å²) in [4.78, 5) is 21.5. The lowest BCUT2D eigenvalue weighted by atomic mass is 10.2. The number of nitrogens with zero attached hydrogens (tertiary/aromatic N) is 3. The number of aromatic nitrogens is 3. The van der Waals surface area contributed by atoms with Crippen LogP contribution in [0.3, 0.4) is 0 Å². The molecule has 0 radical (unpaired) electrons. The summed E-state index contributed by atoms with van der Waals surface area (Å²) < 4.78 is 7.30. The molecule has 4 rings (SSSR count). The van der Waals surface area contributed by atoms with Gasteiger partial charge < -0.3 is 14.6 Å². The van der Waals surface area contributed by atoms with Crippen molar-refractivity contribution in [1.29, 1.82) is 0 Å². The molecule has 1 amide bonds. The van der Waals surface area contributed by atoms with Gasteiger partial charge in [-0.3, -0.25) is 9.78 Å². The Bertz CT molecular complexity index is 1160. The maximum atomic E-state index is 12.8. The van der Waals surface area contributed by atoms with Gasteiger partial charge in [0.2, 0.25) is 0 Å². The van der Waals surface area contributed by atoms with E-state index in [0.717, 1.165) is 39.1 Å². The molecule has 0 fully saturated rings. The highest BCUT2D eigenvalue weighted by molar-refractivity contribution is 7.09. The van der Waals surface area contributed by atoms with E-state index in [9.17, 15) is 4.79 Å². The van der Waals surface area contributed by atoms with Crippen LogP contribution in [0, 0.1) is 13.8 Å². The molecule has 0 atom stereocenters. The number of aryl methyl sites for hydroxylation is 1. The summed E-state index contributed by atoms with van der Waals surface area (Å²) in [6, 6.07) is 13.6. The summed E-state index contributed by atoms with van der Waals surface area (Å²) in [5.41, 5.74) is 5.45. The van der Waals surface area contributed by atoms with Crippen LogP contribution in [-0.4, -0.2) is 27.6 Å². The van der Waals surface area contributed by atoms with Gasteiger partial charge in [0.15, 0.2) is 0 Å². The average molecular weight is 419 g/mol. The summed E-state index contributed by atoms with van der Waals surface area (Å²) in [7, 11) is 1.64. The molecule has 6 nitrogen and oxygen atoms in total. The first-order valence-corrected chi connectivity index (χ1v) is 10.4. The molecule has 0 bridgehead atoms. The Labute approximate surface area is 179 Å². The molecule has 30 heavy (non-hydrogen) atoms. The van der Waals surface area contributed by atoms with Crippen LogP contribution < -0.4 is 10.1 Å². The number of hydrogen-bond acceptors (Lipinski definition) is 5. The van der Waals surface area contributed by atoms with Gasteiger partial charge in [0.25, 0.3) is 5.91 Å². The Morgan fingerprint density at radius 3 is 2.57 bits per heavy atom. The predicted molar refractivity (Wildman–Crippen MR) is 118 cm³/mol. The number of pyridine rings is 1. The van der Waals surface area contributed by atoms with Crippen molar-refractivity contribution in [2.45, 2.75) is 20.4 Å². The van der Waals surface area contributed by atoms with Crippen molar-refractivity contribution in [3.8, 4) is 22.7 Å². The average Bonchev–Trinajstić information content (AvgIpc) is 3.37. The van der Waals surface area contributed by atoms with Gasteiger partial charge in [-0.2, -0.15) is 0 Å². The molecular formula is C23H22N4O2S. The van der Waals surface area contributed by atoms with E-state index >= 15 is 0 Å². The van der Waals surface area contributed by atoms with Crippen molar-refractivity contribution in [1.82, 2.24) is 19.9 Å². The van der Waals surface area contributed by atoms with Crippen LogP contribution in [0.15, 0.2) is 60.2 Å². The van der Waals surface area contributed by atoms with Crippen molar-refractivity contribution in [2.75, 3.05) is 7.11 Å². The number of ether oxygens (including phenoxy) is 1. The molecule has 152 valence electrons. The number of hydrogen-bond donors (Lipinski definition) is 1. The van der Waals surface area contributed by atoms with Gasteiger partial charge in [0.05, 0.1) is 24.9 Å². The number of carbonyl (C=O) groups excluding carboxylic acids is 1. The number of rotatable bonds is 6. The van der Waals surface area contributed by atoms with Crippen molar-refractivity contribution in [2.24, 2.45) is 0 Å². The largest absolute Gasteiger partial charge is 0.497 e. The van der Waals surface area contributed by atoms with Crippen molar-refractivity contribution in [3.63, 3.8) is 0 Å². The number of benzene rings is 1. The number of nitrogens with one attached hydrogen (secondary N) is 1. The van der Waals surface area contributed by atoms with Gasteiger partial charge in [0, 0.05) is 40.4 Å². The molecule has 1 N–H and O–H groups in total. The lowest BCUT2D eigenvalue weighted by Gasteiger charge is -2.11.